The van der Waals surface area contributed by atoms with E-state index < -0.39 is 0 Å². The van der Waals surface area contributed by atoms with Crippen molar-refractivity contribution in [1.29, 1.82) is 0 Å². The summed E-state index contributed by atoms with van der Waals surface area (Å²) in [4.78, 5) is 12.0. The first-order valence-corrected chi connectivity index (χ1v) is 4.70. The first kappa shape index (κ1) is 9.64. The van der Waals surface area contributed by atoms with Gasteiger partial charge < -0.3 is 9.73 Å². The molecule has 0 amide bonds. The highest BCUT2D eigenvalue weighted by Crippen LogP contribution is 2.16. The average molecular weight is 204 g/mol. The molecule has 0 bridgehead atoms. The molecule has 1 atom stereocenters. The van der Waals surface area contributed by atoms with Gasteiger partial charge in [0.05, 0.1) is 6.20 Å². The third-order valence-corrected chi connectivity index (χ3v) is 1.96. The molecule has 5 nitrogen and oxygen atoms in total. The third kappa shape index (κ3) is 2.31. The zero-order valence-corrected chi connectivity index (χ0v) is 8.64. The number of aromatic nitrogens is 3. The number of hydrogen-bond donors (Lipinski definition) is 1. The van der Waals surface area contributed by atoms with Crippen LogP contribution in [0.25, 0.3) is 0 Å². The first-order valence-electron chi connectivity index (χ1n) is 4.70. The van der Waals surface area contributed by atoms with Crippen molar-refractivity contribution < 1.29 is 4.42 Å². The monoisotopic (exact) mass is 204 g/mol. The van der Waals surface area contributed by atoms with Gasteiger partial charge in [-0.15, -0.1) is 0 Å². The minimum absolute atomic E-state index is 0.00593. The van der Waals surface area contributed by atoms with Gasteiger partial charge in [0.15, 0.2) is 0 Å². The molecular weight excluding hydrogens is 192 g/mol. The smallest absolute Gasteiger partial charge is 0.216 e. The Bertz CT molecular complexity index is 426. The van der Waals surface area contributed by atoms with Gasteiger partial charge in [-0.3, -0.25) is 0 Å². The second kappa shape index (κ2) is 4.08. The molecule has 0 aromatic carbocycles. The number of nitrogens with one attached hydrogen (secondary N) is 1. The quantitative estimate of drug-likeness (QED) is 0.827. The van der Waals surface area contributed by atoms with Crippen LogP contribution in [-0.4, -0.2) is 15.0 Å². The second-order valence-corrected chi connectivity index (χ2v) is 3.27. The van der Waals surface area contributed by atoms with E-state index in [0.29, 0.717) is 5.89 Å². The van der Waals surface area contributed by atoms with Gasteiger partial charge in [-0.25, -0.2) is 15.0 Å². The molecule has 2 aromatic heterocycles. The summed E-state index contributed by atoms with van der Waals surface area (Å²) in [6.07, 6.45) is 4.88. The van der Waals surface area contributed by atoms with Crippen LogP contribution in [0.2, 0.25) is 0 Å². The molecule has 15 heavy (non-hydrogen) atoms. The molecule has 0 fully saturated rings. The number of rotatable bonds is 3. The van der Waals surface area contributed by atoms with Crippen molar-refractivity contribution in [3.8, 4) is 0 Å². The van der Waals surface area contributed by atoms with Crippen molar-refractivity contribution in [2.45, 2.75) is 19.9 Å². The van der Waals surface area contributed by atoms with Crippen LogP contribution >= 0.6 is 0 Å². The highest BCUT2D eigenvalue weighted by Gasteiger charge is 2.10. The molecule has 0 aliphatic rings. The zero-order valence-electron chi connectivity index (χ0n) is 8.64. The summed E-state index contributed by atoms with van der Waals surface area (Å²) in [6, 6.07) is 1.79. The Kier molecular flexibility index (Phi) is 2.62. The predicted molar refractivity (Wildman–Crippen MR) is 55.3 cm³/mol. The van der Waals surface area contributed by atoms with Gasteiger partial charge in [0.2, 0.25) is 5.89 Å². The topological polar surface area (TPSA) is 63.8 Å². The second-order valence-electron chi connectivity index (χ2n) is 3.27. The number of nitrogens with zero attached hydrogens (tertiary/aromatic N) is 3. The van der Waals surface area contributed by atoms with E-state index in [1.807, 2.05) is 13.8 Å². The lowest BCUT2D eigenvalue weighted by Gasteiger charge is -2.09. The SMILES string of the molecule is Cc1cnc(C(C)Nc2ccncn2)o1. The van der Waals surface area contributed by atoms with E-state index in [-0.39, 0.29) is 6.04 Å². The molecule has 5 heteroatoms. The van der Waals surface area contributed by atoms with E-state index in [0.717, 1.165) is 11.6 Å². The minimum Gasteiger partial charge on any atom is -0.444 e. The standard InChI is InChI=1S/C10H12N4O/c1-7-5-12-10(15-7)8(2)14-9-3-4-11-6-13-9/h3-6,8H,1-2H3,(H,11,13,14). The molecule has 1 unspecified atom stereocenters. The molecular formula is C10H12N4O. The van der Waals surface area contributed by atoms with Gasteiger partial charge in [0.25, 0.3) is 0 Å². The van der Waals surface area contributed by atoms with Gasteiger partial charge in [0.1, 0.15) is 23.9 Å². The van der Waals surface area contributed by atoms with Crippen LogP contribution in [0, 0.1) is 6.92 Å². The van der Waals surface area contributed by atoms with Gasteiger partial charge in [0, 0.05) is 6.20 Å². The van der Waals surface area contributed by atoms with Crippen LogP contribution in [0.3, 0.4) is 0 Å². The van der Waals surface area contributed by atoms with Crippen molar-refractivity contribution in [2.24, 2.45) is 0 Å². The van der Waals surface area contributed by atoms with Crippen LogP contribution in [-0.2, 0) is 0 Å². The molecule has 1 N–H and O–H groups in total. The summed E-state index contributed by atoms with van der Waals surface area (Å²) in [5.74, 6) is 2.22. The van der Waals surface area contributed by atoms with E-state index in [1.165, 1.54) is 6.33 Å². The third-order valence-electron chi connectivity index (χ3n) is 1.96. The lowest BCUT2D eigenvalue weighted by molar-refractivity contribution is 0.453. The summed E-state index contributed by atoms with van der Waals surface area (Å²) in [6.45, 7) is 3.83. The zero-order chi connectivity index (χ0) is 10.7. The minimum atomic E-state index is -0.00593. The van der Waals surface area contributed by atoms with E-state index in [9.17, 15) is 0 Å². The molecule has 78 valence electrons. The van der Waals surface area contributed by atoms with Crippen molar-refractivity contribution in [3.05, 3.63) is 36.4 Å². The van der Waals surface area contributed by atoms with E-state index in [1.54, 1.807) is 18.5 Å². The predicted octanol–water partition coefficient (Wildman–Crippen LogP) is 1.95. The van der Waals surface area contributed by atoms with Crippen molar-refractivity contribution in [3.63, 3.8) is 0 Å². The van der Waals surface area contributed by atoms with E-state index in [4.69, 9.17) is 4.42 Å². The summed E-state index contributed by atoms with van der Waals surface area (Å²) in [5.41, 5.74) is 0. The Balaban J connectivity index is 2.07. The Labute approximate surface area is 87.6 Å². The normalized spacial score (nSPS) is 12.4. The summed E-state index contributed by atoms with van der Waals surface area (Å²) < 4.78 is 5.40. The van der Waals surface area contributed by atoms with Crippen LogP contribution in [0.5, 0.6) is 0 Å². The maximum absolute atomic E-state index is 5.40. The highest BCUT2D eigenvalue weighted by molar-refractivity contribution is 5.33. The number of hydrogen-bond acceptors (Lipinski definition) is 5. The summed E-state index contributed by atoms with van der Waals surface area (Å²) >= 11 is 0. The largest absolute Gasteiger partial charge is 0.444 e. The Morgan fingerprint density at radius 2 is 2.27 bits per heavy atom. The maximum atomic E-state index is 5.40. The molecule has 2 aromatic rings. The summed E-state index contributed by atoms with van der Waals surface area (Å²) in [7, 11) is 0. The average Bonchev–Trinajstić information content (AvgIpc) is 2.66. The van der Waals surface area contributed by atoms with Crippen LogP contribution in [0.4, 0.5) is 5.82 Å². The highest BCUT2D eigenvalue weighted by atomic mass is 16.4. The molecule has 0 aliphatic heterocycles. The molecule has 0 saturated heterocycles. The molecule has 2 rings (SSSR count). The summed E-state index contributed by atoms with van der Waals surface area (Å²) in [5, 5.41) is 3.16. The van der Waals surface area contributed by atoms with Gasteiger partial charge in [-0.1, -0.05) is 0 Å². The van der Waals surface area contributed by atoms with Gasteiger partial charge >= 0.3 is 0 Å². The fourth-order valence-corrected chi connectivity index (χ4v) is 1.23. The molecule has 0 saturated carbocycles. The van der Waals surface area contributed by atoms with Crippen LogP contribution < -0.4 is 5.32 Å². The molecule has 2 heterocycles. The lowest BCUT2D eigenvalue weighted by Crippen LogP contribution is -2.07. The lowest BCUT2D eigenvalue weighted by atomic mass is 10.3. The first-order chi connectivity index (χ1) is 7.25. The maximum Gasteiger partial charge on any atom is 0.216 e. The molecule has 0 aliphatic carbocycles. The van der Waals surface area contributed by atoms with Crippen LogP contribution in [0.1, 0.15) is 24.6 Å². The number of aryl methyl sites for hydroxylation is 1. The van der Waals surface area contributed by atoms with E-state index >= 15 is 0 Å². The fraction of sp³-hybridized carbons (Fsp3) is 0.300. The van der Waals surface area contributed by atoms with Gasteiger partial charge in [-0.05, 0) is 19.9 Å². The Hall–Kier alpha value is -1.91. The van der Waals surface area contributed by atoms with Crippen molar-refractivity contribution in [2.75, 3.05) is 5.32 Å². The van der Waals surface area contributed by atoms with Gasteiger partial charge in [-0.2, -0.15) is 0 Å². The Morgan fingerprint density at radius 1 is 1.40 bits per heavy atom. The number of oxazole rings is 1. The molecule has 0 spiro atoms. The number of anilines is 1. The van der Waals surface area contributed by atoms with Crippen molar-refractivity contribution >= 4 is 5.82 Å². The Morgan fingerprint density at radius 3 is 2.87 bits per heavy atom. The molecule has 0 radical (unpaired) electrons. The van der Waals surface area contributed by atoms with E-state index in [2.05, 4.69) is 20.3 Å². The van der Waals surface area contributed by atoms with Crippen LogP contribution in [0.15, 0.2) is 29.2 Å². The van der Waals surface area contributed by atoms with Crippen molar-refractivity contribution in [1.82, 2.24) is 15.0 Å². The fourth-order valence-electron chi connectivity index (χ4n) is 1.23.